The molecule has 3 heterocycles. The summed E-state index contributed by atoms with van der Waals surface area (Å²) < 4.78 is 28.7. The minimum absolute atomic E-state index is 0.239. The lowest BCUT2D eigenvalue weighted by Gasteiger charge is -2.35. The van der Waals surface area contributed by atoms with Gasteiger partial charge in [-0.15, -0.1) is 4.40 Å². The Hall–Kier alpha value is -2.39. The maximum atomic E-state index is 12.4. The Labute approximate surface area is 158 Å². The number of piperazine rings is 1. The number of hydrogen-bond donors (Lipinski definition) is 2. The molecule has 0 amide bonds. The Morgan fingerprint density at radius 3 is 2.67 bits per heavy atom. The molecule has 142 valence electrons. The van der Waals surface area contributed by atoms with Crippen LogP contribution in [-0.2, 0) is 10.0 Å². The highest BCUT2D eigenvalue weighted by atomic mass is 32.2. The fourth-order valence-electron chi connectivity index (χ4n) is 3.67. The van der Waals surface area contributed by atoms with Crippen LogP contribution in [0.1, 0.15) is 24.5 Å². The summed E-state index contributed by atoms with van der Waals surface area (Å²) in [6.07, 6.45) is 2.52. The van der Waals surface area contributed by atoms with E-state index in [0.717, 1.165) is 32.0 Å². The van der Waals surface area contributed by atoms with Crippen LogP contribution >= 0.6 is 0 Å². The number of amidine groups is 1. The van der Waals surface area contributed by atoms with Crippen molar-refractivity contribution in [1.29, 1.82) is 0 Å². The first-order valence-corrected chi connectivity index (χ1v) is 10.7. The van der Waals surface area contributed by atoms with Gasteiger partial charge in [-0.2, -0.15) is 13.5 Å². The van der Waals surface area contributed by atoms with Gasteiger partial charge in [-0.05, 0) is 25.0 Å². The molecule has 0 unspecified atom stereocenters. The van der Waals surface area contributed by atoms with Crippen molar-refractivity contribution in [2.45, 2.75) is 23.7 Å². The molecule has 9 heteroatoms. The van der Waals surface area contributed by atoms with E-state index in [1.54, 1.807) is 18.2 Å². The maximum Gasteiger partial charge on any atom is 0.286 e. The lowest BCUT2D eigenvalue weighted by Crippen LogP contribution is -2.49. The summed E-state index contributed by atoms with van der Waals surface area (Å²) in [6, 6.07) is 9.05. The second-order valence-electron chi connectivity index (χ2n) is 7.35. The summed E-state index contributed by atoms with van der Waals surface area (Å²) in [5, 5.41) is 10.8. The third-order valence-electron chi connectivity index (χ3n) is 5.35. The molecular weight excluding hydrogens is 364 g/mol. The quantitative estimate of drug-likeness (QED) is 0.829. The number of H-pyrrole nitrogens is 1. The van der Waals surface area contributed by atoms with E-state index in [1.165, 1.54) is 18.5 Å². The molecule has 2 fully saturated rings. The van der Waals surface area contributed by atoms with Crippen LogP contribution in [0, 0.1) is 0 Å². The Kier molecular flexibility index (Phi) is 3.94. The van der Waals surface area contributed by atoms with E-state index in [-0.39, 0.29) is 4.90 Å². The number of aromatic nitrogens is 2. The molecule has 27 heavy (non-hydrogen) atoms. The molecule has 0 spiro atoms. The molecular formula is C18H22N6O2S. The van der Waals surface area contributed by atoms with Crippen LogP contribution in [0.2, 0.25) is 0 Å². The number of hydrogen-bond acceptors (Lipinski definition) is 6. The van der Waals surface area contributed by atoms with Crippen LogP contribution in [0.4, 0.5) is 11.5 Å². The topological polar surface area (TPSA) is 93.7 Å². The molecule has 2 aromatic rings. The van der Waals surface area contributed by atoms with Crippen molar-refractivity contribution in [2.24, 2.45) is 4.40 Å². The minimum atomic E-state index is -3.62. The molecule has 1 saturated heterocycles. The predicted octanol–water partition coefficient (Wildman–Crippen LogP) is 1.62. The fourth-order valence-corrected chi connectivity index (χ4v) is 4.81. The van der Waals surface area contributed by atoms with Gasteiger partial charge in [-0.25, -0.2) is 0 Å². The van der Waals surface area contributed by atoms with E-state index in [9.17, 15) is 8.42 Å². The Balaban J connectivity index is 1.22. The highest BCUT2D eigenvalue weighted by Crippen LogP contribution is 2.39. The van der Waals surface area contributed by atoms with E-state index >= 15 is 0 Å². The number of anilines is 2. The van der Waals surface area contributed by atoms with Gasteiger partial charge in [0.25, 0.3) is 10.0 Å². The number of nitrogens with zero attached hydrogens (tertiary/aromatic N) is 4. The normalized spacial score (nSPS) is 22.1. The van der Waals surface area contributed by atoms with Crippen LogP contribution in [0.25, 0.3) is 0 Å². The first-order valence-electron chi connectivity index (χ1n) is 9.31. The second kappa shape index (κ2) is 6.35. The van der Waals surface area contributed by atoms with Crippen molar-refractivity contribution >= 4 is 27.4 Å². The SMILES string of the molecule is O=S1(=O)N=C(CN2CCN(c3cc(C4CC4)[nH]n3)CC2)Nc2ccccc21. The first-order chi connectivity index (χ1) is 13.1. The molecule has 1 aromatic carbocycles. The first kappa shape index (κ1) is 16.8. The van der Waals surface area contributed by atoms with Gasteiger partial charge in [-0.3, -0.25) is 10.00 Å². The fraction of sp³-hybridized carbons (Fsp3) is 0.444. The van der Waals surface area contributed by atoms with Gasteiger partial charge < -0.3 is 10.2 Å². The van der Waals surface area contributed by atoms with Crippen LogP contribution < -0.4 is 10.2 Å². The zero-order valence-corrected chi connectivity index (χ0v) is 15.7. The Bertz CT molecular complexity index is 987. The van der Waals surface area contributed by atoms with Crippen molar-refractivity contribution in [3.63, 3.8) is 0 Å². The molecule has 1 aromatic heterocycles. The van der Waals surface area contributed by atoms with Gasteiger partial charge >= 0.3 is 0 Å². The largest absolute Gasteiger partial charge is 0.353 e. The Morgan fingerprint density at radius 1 is 1.11 bits per heavy atom. The van der Waals surface area contributed by atoms with Gasteiger partial charge in [0.15, 0.2) is 5.82 Å². The lowest BCUT2D eigenvalue weighted by atomic mass is 10.2. The van der Waals surface area contributed by atoms with Crippen molar-refractivity contribution in [3.8, 4) is 0 Å². The van der Waals surface area contributed by atoms with Crippen LogP contribution in [0.15, 0.2) is 39.6 Å². The third-order valence-corrected chi connectivity index (χ3v) is 6.72. The third kappa shape index (κ3) is 3.32. The molecule has 3 aliphatic rings. The number of benzene rings is 1. The molecule has 1 aliphatic carbocycles. The summed E-state index contributed by atoms with van der Waals surface area (Å²) in [5.41, 5.74) is 1.85. The van der Waals surface area contributed by atoms with Crippen LogP contribution in [0.3, 0.4) is 0 Å². The van der Waals surface area contributed by atoms with Gasteiger partial charge in [0.05, 0.1) is 12.2 Å². The standard InChI is InChI=1S/C18H22N6O2S/c25-27(26)16-4-2-1-3-14(16)19-17(22-27)12-23-7-9-24(10-8-23)18-11-15(20-21-18)13-5-6-13/h1-4,11,13H,5-10,12H2,(H,19,22)(H,20,21). The number of para-hydroxylation sites is 1. The maximum absolute atomic E-state index is 12.4. The number of fused-ring (bicyclic) bond motifs is 1. The van der Waals surface area contributed by atoms with Gasteiger partial charge in [0.2, 0.25) is 0 Å². The van der Waals surface area contributed by atoms with Crippen molar-refractivity contribution in [1.82, 2.24) is 15.1 Å². The van der Waals surface area contributed by atoms with Gasteiger partial charge in [0, 0.05) is 43.9 Å². The van der Waals surface area contributed by atoms with Crippen molar-refractivity contribution in [3.05, 3.63) is 36.0 Å². The van der Waals surface area contributed by atoms with Crippen molar-refractivity contribution in [2.75, 3.05) is 42.9 Å². The number of rotatable bonds is 4. The van der Waals surface area contributed by atoms with E-state index in [1.807, 2.05) is 6.07 Å². The molecule has 5 rings (SSSR count). The summed E-state index contributed by atoms with van der Waals surface area (Å²) >= 11 is 0. The molecule has 8 nitrogen and oxygen atoms in total. The zero-order chi connectivity index (χ0) is 18.4. The van der Waals surface area contributed by atoms with Crippen molar-refractivity contribution < 1.29 is 8.42 Å². The second-order valence-corrected chi connectivity index (χ2v) is 8.93. The lowest BCUT2D eigenvalue weighted by molar-refractivity contribution is 0.291. The number of aromatic amines is 1. The molecule has 0 bridgehead atoms. The van der Waals surface area contributed by atoms with Gasteiger partial charge in [0.1, 0.15) is 10.7 Å². The summed E-state index contributed by atoms with van der Waals surface area (Å²) in [5.74, 6) is 2.17. The molecule has 2 aliphatic heterocycles. The molecule has 0 radical (unpaired) electrons. The highest BCUT2D eigenvalue weighted by Gasteiger charge is 2.28. The van der Waals surface area contributed by atoms with E-state index in [0.29, 0.717) is 24.0 Å². The average Bonchev–Trinajstić information content (AvgIpc) is 3.39. The summed E-state index contributed by atoms with van der Waals surface area (Å²) in [7, 11) is -3.62. The summed E-state index contributed by atoms with van der Waals surface area (Å²) in [6.45, 7) is 3.91. The number of nitrogens with one attached hydrogen (secondary N) is 2. The van der Waals surface area contributed by atoms with E-state index in [2.05, 4.69) is 35.8 Å². The van der Waals surface area contributed by atoms with E-state index in [4.69, 9.17) is 0 Å². The minimum Gasteiger partial charge on any atom is -0.353 e. The molecule has 2 N–H and O–H groups in total. The zero-order valence-electron chi connectivity index (χ0n) is 14.9. The smallest absolute Gasteiger partial charge is 0.286 e. The van der Waals surface area contributed by atoms with Gasteiger partial charge in [-0.1, -0.05) is 12.1 Å². The van der Waals surface area contributed by atoms with E-state index < -0.39 is 10.0 Å². The van der Waals surface area contributed by atoms with Crippen LogP contribution in [0.5, 0.6) is 0 Å². The van der Waals surface area contributed by atoms with Crippen LogP contribution in [-0.4, -0.2) is 62.1 Å². The predicted molar refractivity (Wildman–Crippen MR) is 104 cm³/mol. The summed E-state index contributed by atoms with van der Waals surface area (Å²) in [4.78, 5) is 4.74. The number of sulfonamides is 1. The average molecular weight is 386 g/mol. The molecule has 0 atom stereocenters. The Morgan fingerprint density at radius 2 is 1.89 bits per heavy atom. The monoisotopic (exact) mass is 386 g/mol. The highest BCUT2D eigenvalue weighted by molar-refractivity contribution is 7.90. The molecule has 1 saturated carbocycles.